The predicted octanol–water partition coefficient (Wildman–Crippen LogP) is 2.06. The second-order valence-electron chi connectivity index (χ2n) is 3.02. The Morgan fingerprint density at radius 2 is 2.38 bits per heavy atom. The Morgan fingerprint density at radius 3 is 2.92 bits per heavy atom. The third-order valence-electron chi connectivity index (χ3n) is 1.63. The van der Waals surface area contributed by atoms with E-state index < -0.39 is 0 Å². The van der Waals surface area contributed by atoms with Gasteiger partial charge in [-0.2, -0.15) is 0 Å². The van der Waals surface area contributed by atoms with Gasteiger partial charge in [-0.15, -0.1) is 11.3 Å². The fraction of sp³-hybridized carbons (Fsp3) is 0.625. The maximum atomic E-state index is 5.68. The maximum Gasteiger partial charge on any atom is 0.184 e. The molecule has 0 fully saturated rings. The molecule has 5 heteroatoms. The first-order valence-corrected chi connectivity index (χ1v) is 5.47. The Morgan fingerprint density at radius 1 is 1.62 bits per heavy atom. The number of hydrogen-bond donors (Lipinski definition) is 2. The molecule has 2 N–H and O–H groups in total. The summed E-state index contributed by atoms with van der Waals surface area (Å²) in [5, 5.41) is 9.64. The van der Waals surface area contributed by atoms with Gasteiger partial charge in [0, 0.05) is 11.9 Å². The van der Waals surface area contributed by atoms with Crippen molar-refractivity contribution in [2.45, 2.75) is 6.92 Å². The van der Waals surface area contributed by atoms with Gasteiger partial charge in [0.05, 0.1) is 0 Å². The molecule has 0 saturated carbocycles. The van der Waals surface area contributed by atoms with Gasteiger partial charge >= 0.3 is 0 Å². The van der Waals surface area contributed by atoms with Crippen molar-refractivity contribution in [2.75, 3.05) is 25.5 Å². The SMILES string of the molecule is CNCC(C)CNc1nc(Cl)cs1. The van der Waals surface area contributed by atoms with Crippen molar-refractivity contribution in [3.8, 4) is 0 Å². The number of anilines is 1. The van der Waals surface area contributed by atoms with Crippen LogP contribution in [0.5, 0.6) is 0 Å². The van der Waals surface area contributed by atoms with E-state index in [1.165, 1.54) is 11.3 Å². The van der Waals surface area contributed by atoms with E-state index in [4.69, 9.17) is 11.6 Å². The van der Waals surface area contributed by atoms with Crippen LogP contribution in [0.4, 0.5) is 5.13 Å². The van der Waals surface area contributed by atoms with E-state index >= 15 is 0 Å². The molecule has 0 aliphatic carbocycles. The highest BCUT2D eigenvalue weighted by atomic mass is 35.5. The highest BCUT2D eigenvalue weighted by molar-refractivity contribution is 7.14. The molecule has 0 bridgehead atoms. The summed E-state index contributed by atoms with van der Waals surface area (Å²) in [6.45, 7) is 4.11. The van der Waals surface area contributed by atoms with Gasteiger partial charge in [0.15, 0.2) is 5.13 Å². The molecule has 0 saturated heterocycles. The number of nitrogens with zero attached hydrogens (tertiary/aromatic N) is 1. The molecular formula is C8H14ClN3S. The largest absolute Gasteiger partial charge is 0.361 e. The fourth-order valence-electron chi connectivity index (χ4n) is 1.02. The van der Waals surface area contributed by atoms with Crippen LogP contribution in [0.3, 0.4) is 0 Å². The number of thiazole rings is 1. The van der Waals surface area contributed by atoms with E-state index in [0.29, 0.717) is 11.1 Å². The summed E-state index contributed by atoms with van der Waals surface area (Å²) in [5.41, 5.74) is 0. The average Bonchev–Trinajstić information content (AvgIpc) is 2.49. The third-order valence-corrected chi connectivity index (χ3v) is 2.75. The number of halogens is 1. The van der Waals surface area contributed by atoms with Gasteiger partial charge in [-0.3, -0.25) is 0 Å². The predicted molar refractivity (Wildman–Crippen MR) is 58.7 cm³/mol. The summed E-state index contributed by atoms with van der Waals surface area (Å²) >= 11 is 7.22. The summed E-state index contributed by atoms with van der Waals surface area (Å²) in [4.78, 5) is 4.10. The highest BCUT2D eigenvalue weighted by Gasteiger charge is 2.02. The highest BCUT2D eigenvalue weighted by Crippen LogP contribution is 2.18. The van der Waals surface area contributed by atoms with E-state index in [1.807, 2.05) is 12.4 Å². The molecule has 0 aromatic carbocycles. The number of rotatable bonds is 5. The molecule has 0 radical (unpaired) electrons. The molecule has 1 aromatic heterocycles. The first-order chi connectivity index (χ1) is 6.22. The summed E-state index contributed by atoms with van der Waals surface area (Å²) in [6.07, 6.45) is 0. The van der Waals surface area contributed by atoms with E-state index in [1.54, 1.807) is 0 Å². The van der Waals surface area contributed by atoms with Crippen molar-refractivity contribution in [1.29, 1.82) is 0 Å². The van der Waals surface area contributed by atoms with Crippen molar-refractivity contribution < 1.29 is 0 Å². The van der Waals surface area contributed by atoms with Gasteiger partial charge in [0.25, 0.3) is 0 Å². The lowest BCUT2D eigenvalue weighted by atomic mass is 10.2. The van der Waals surface area contributed by atoms with Crippen LogP contribution in [0.25, 0.3) is 0 Å². The maximum absolute atomic E-state index is 5.68. The Kier molecular flexibility index (Phi) is 4.48. The Bertz CT molecular complexity index is 251. The number of nitrogens with one attached hydrogen (secondary N) is 2. The third kappa shape index (κ3) is 3.93. The van der Waals surface area contributed by atoms with Gasteiger partial charge in [-0.1, -0.05) is 18.5 Å². The van der Waals surface area contributed by atoms with Crippen molar-refractivity contribution >= 4 is 28.1 Å². The zero-order chi connectivity index (χ0) is 9.68. The minimum Gasteiger partial charge on any atom is -0.361 e. The Balaban J connectivity index is 2.26. The Hall–Kier alpha value is -0.320. The van der Waals surface area contributed by atoms with E-state index in [9.17, 15) is 0 Å². The van der Waals surface area contributed by atoms with Crippen LogP contribution in [0.2, 0.25) is 5.15 Å². The van der Waals surface area contributed by atoms with E-state index in [2.05, 4.69) is 22.5 Å². The zero-order valence-corrected chi connectivity index (χ0v) is 9.37. The fourth-order valence-corrected chi connectivity index (χ4v) is 1.87. The summed E-state index contributed by atoms with van der Waals surface area (Å²) < 4.78 is 0. The molecule has 1 rings (SSSR count). The van der Waals surface area contributed by atoms with Crippen LogP contribution in [0, 0.1) is 5.92 Å². The van der Waals surface area contributed by atoms with Crippen molar-refractivity contribution in [3.05, 3.63) is 10.5 Å². The van der Waals surface area contributed by atoms with Gasteiger partial charge < -0.3 is 10.6 Å². The lowest BCUT2D eigenvalue weighted by molar-refractivity contribution is 0.569. The summed E-state index contributed by atoms with van der Waals surface area (Å²) in [7, 11) is 1.96. The van der Waals surface area contributed by atoms with Crippen LogP contribution in [0.1, 0.15) is 6.92 Å². The standard InChI is InChI=1S/C8H14ClN3S/c1-6(3-10-2)4-11-8-12-7(9)5-13-8/h5-6,10H,3-4H2,1-2H3,(H,11,12). The molecule has 74 valence electrons. The first-order valence-electron chi connectivity index (χ1n) is 4.22. The lowest BCUT2D eigenvalue weighted by Gasteiger charge is -2.10. The molecule has 0 aliphatic rings. The molecule has 1 unspecified atom stereocenters. The molecule has 3 nitrogen and oxygen atoms in total. The normalized spacial score (nSPS) is 12.8. The monoisotopic (exact) mass is 219 g/mol. The molecule has 1 aromatic rings. The molecule has 1 atom stereocenters. The molecule has 0 spiro atoms. The first kappa shape index (κ1) is 10.8. The second-order valence-corrected chi connectivity index (χ2v) is 4.26. The van der Waals surface area contributed by atoms with Crippen LogP contribution >= 0.6 is 22.9 Å². The summed E-state index contributed by atoms with van der Waals surface area (Å²) in [6, 6.07) is 0. The zero-order valence-electron chi connectivity index (χ0n) is 7.80. The summed E-state index contributed by atoms with van der Waals surface area (Å²) in [5.74, 6) is 0.590. The minimum absolute atomic E-state index is 0.564. The van der Waals surface area contributed by atoms with Crippen molar-refractivity contribution in [1.82, 2.24) is 10.3 Å². The van der Waals surface area contributed by atoms with Gasteiger partial charge in [0.1, 0.15) is 5.15 Å². The van der Waals surface area contributed by atoms with Gasteiger partial charge in [-0.25, -0.2) is 4.98 Å². The molecule has 13 heavy (non-hydrogen) atoms. The topological polar surface area (TPSA) is 37.0 Å². The van der Waals surface area contributed by atoms with Crippen LogP contribution in [-0.2, 0) is 0 Å². The number of hydrogen-bond acceptors (Lipinski definition) is 4. The molecule has 0 amide bonds. The molecule has 1 heterocycles. The average molecular weight is 220 g/mol. The van der Waals surface area contributed by atoms with Crippen LogP contribution in [-0.4, -0.2) is 25.1 Å². The van der Waals surface area contributed by atoms with E-state index in [0.717, 1.165) is 18.2 Å². The van der Waals surface area contributed by atoms with Crippen molar-refractivity contribution in [2.24, 2.45) is 5.92 Å². The quantitative estimate of drug-likeness (QED) is 0.796. The van der Waals surface area contributed by atoms with E-state index in [-0.39, 0.29) is 0 Å². The minimum atomic E-state index is 0.564. The second kappa shape index (κ2) is 5.42. The van der Waals surface area contributed by atoms with Gasteiger partial charge in [0.2, 0.25) is 0 Å². The lowest BCUT2D eigenvalue weighted by Crippen LogP contribution is -2.22. The van der Waals surface area contributed by atoms with Crippen molar-refractivity contribution in [3.63, 3.8) is 0 Å². The number of aromatic nitrogens is 1. The van der Waals surface area contributed by atoms with Gasteiger partial charge in [-0.05, 0) is 19.5 Å². The molecular weight excluding hydrogens is 206 g/mol. The smallest absolute Gasteiger partial charge is 0.184 e. The Labute approximate surface area is 87.5 Å². The molecule has 0 aliphatic heterocycles. The van der Waals surface area contributed by atoms with Crippen LogP contribution in [0.15, 0.2) is 5.38 Å². The van der Waals surface area contributed by atoms with Crippen LogP contribution < -0.4 is 10.6 Å².